The van der Waals surface area contributed by atoms with Crippen LogP contribution in [0.3, 0.4) is 0 Å². The third-order valence-electron chi connectivity index (χ3n) is 1.26. The standard InChI is InChI=1S/C7H8ClN3O2/c1-4(12)7(13)9-6-3-2-5(8)10-11-6/h2-4,12H,1H3,(H,9,11,13). The number of halogens is 1. The summed E-state index contributed by atoms with van der Waals surface area (Å²) >= 11 is 5.48. The van der Waals surface area contributed by atoms with Gasteiger partial charge in [-0.2, -0.15) is 0 Å². The first-order chi connectivity index (χ1) is 6.09. The normalized spacial score (nSPS) is 12.2. The maximum Gasteiger partial charge on any atom is 0.254 e. The largest absolute Gasteiger partial charge is 0.384 e. The summed E-state index contributed by atoms with van der Waals surface area (Å²) in [4.78, 5) is 10.9. The Balaban J connectivity index is 2.65. The Hall–Kier alpha value is -1.20. The zero-order valence-electron chi connectivity index (χ0n) is 6.86. The highest BCUT2D eigenvalue weighted by molar-refractivity contribution is 6.29. The molecule has 13 heavy (non-hydrogen) atoms. The predicted molar refractivity (Wildman–Crippen MR) is 47.4 cm³/mol. The molecule has 0 bridgehead atoms. The van der Waals surface area contributed by atoms with Crippen molar-refractivity contribution in [3.8, 4) is 0 Å². The number of carbonyl (C=O) groups excluding carboxylic acids is 1. The third-order valence-corrected chi connectivity index (χ3v) is 1.46. The minimum atomic E-state index is -1.07. The van der Waals surface area contributed by atoms with Crippen molar-refractivity contribution >= 4 is 23.3 Å². The lowest BCUT2D eigenvalue weighted by Crippen LogP contribution is -2.25. The van der Waals surface area contributed by atoms with Crippen molar-refractivity contribution in [1.29, 1.82) is 0 Å². The quantitative estimate of drug-likeness (QED) is 0.729. The first kappa shape index (κ1) is 9.88. The van der Waals surface area contributed by atoms with E-state index in [0.717, 1.165) is 0 Å². The van der Waals surface area contributed by atoms with E-state index >= 15 is 0 Å². The zero-order valence-corrected chi connectivity index (χ0v) is 7.62. The fourth-order valence-electron chi connectivity index (χ4n) is 0.613. The van der Waals surface area contributed by atoms with Crippen molar-refractivity contribution in [2.24, 2.45) is 0 Å². The molecule has 0 spiro atoms. The van der Waals surface area contributed by atoms with Crippen LogP contribution in [0.2, 0.25) is 5.15 Å². The monoisotopic (exact) mass is 201 g/mol. The number of aliphatic hydroxyl groups excluding tert-OH is 1. The zero-order chi connectivity index (χ0) is 9.84. The van der Waals surface area contributed by atoms with Crippen LogP contribution in [0, 0.1) is 0 Å². The molecular weight excluding hydrogens is 194 g/mol. The van der Waals surface area contributed by atoms with Crippen LogP contribution in [0.1, 0.15) is 6.92 Å². The number of aromatic nitrogens is 2. The molecule has 0 aromatic carbocycles. The van der Waals surface area contributed by atoms with Crippen LogP contribution in [0.5, 0.6) is 0 Å². The van der Waals surface area contributed by atoms with Gasteiger partial charge in [0.05, 0.1) is 0 Å². The molecule has 0 fully saturated rings. The van der Waals surface area contributed by atoms with Crippen molar-refractivity contribution in [1.82, 2.24) is 10.2 Å². The molecule has 1 amide bonds. The Kier molecular flexibility index (Phi) is 3.16. The van der Waals surface area contributed by atoms with Gasteiger partial charge in [0.2, 0.25) is 0 Å². The number of hydrogen-bond donors (Lipinski definition) is 2. The van der Waals surface area contributed by atoms with Gasteiger partial charge in [0.25, 0.3) is 5.91 Å². The van der Waals surface area contributed by atoms with Crippen LogP contribution >= 0.6 is 11.6 Å². The summed E-state index contributed by atoms with van der Waals surface area (Å²) in [7, 11) is 0. The predicted octanol–water partition coefficient (Wildman–Crippen LogP) is 0.449. The van der Waals surface area contributed by atoms with Gasteiger partial charge in [0.15, 0.2) is 11.0 Å². The van der Waals surface area contributed by atoms with Gasteiger partial charge in [-0.05, 0) is 19.1 Å². The summed E-state index contributed by atoms with van der Waals surface area (Å²) in [5.74, 6) is -0.271. The van der Waals surface area contributed by atoms with Crippen molar-refractivity contribution < 1.29 is 9.90 Å². The summed E-state index contributed by atoms with van der Waals surface area (Å²) < 4.78 is 0. The second kappa shape index (κ2) is 4.15. The molecule has 0 saturated heterocycles. The number of carbonyl (C=O) groups is 1. The van der Waals surface area contributed by atoms with Crippen molar-refractivity contribution in [3.63, 3.8) is 0 Å². The number of hydrogen-bond acceptors (Lipinski definition) is 4. The Bertz CT molecular complexity index is 299. The van der Waals surface area contributed by atoms with Gasteiger partial charge in [-0.25, -0.2) is 0 Å². The lowest BCUT2D eigenvalue weighted by molar-refractivity contribution is -0.123. The maximum atomic E-state index is 10.9. The maximum absolute atomic E-state index is 10.9. The summed E-state index contributed by atoms with van der Waals surface area (Å²) in [5.41, 5.74) is 0. The van der Waals surface area contributed by atoms with Gasteiger partial charge in [-0.15, -0.1) is 10.2 Å². The molecule has 1 heterocycles. The number of anilines is 1. The lowest BCUT2D eigenvalue weighted by Gasteiger charge is -2.04. The highest BCUT2D eigenvalue weighted by Gasteiger charge is 2.09. The molecule has 1 rings (SSSR count). The second-order valence-corrected chi connectivity index (χ2v) is 2.79. The highest BCUT2D eigenvalue weighted by atomic mass is 35.5. The van der Waals surface area contributed by atoms with Gasteiger partial charge in [-0.1, -0.05) is 11.6 Å². The molecule has 1 unspecified atom stereocenters. The molecule has 0 aliphatic rings. The molecule has 2 N–H and O–H groups in total. The van der Waals surface area contributed by atoms with Crippen LogP contribution in [0.15, 0.2) is 12.1 Å². The Morgan fingerprint density at radius 3 is 2.77 bits per heavy atom. The minimum Gasteiger partial charge on any atom is -0.384 e. The van der Waals surface area contributed by atoms with Crippen LogP contribution in [0.4, 0.5) is 5.82 Å². The summed E-state index contributed by atoms with van der Waals surface area (Å²) in [6, 6.07) is 2.99. The van der Waals surface area contributed by atoms with Gasteiger partial charge >= 0.3 is 0 Å². The lowest BCUT2D eigenvalue weighted by atomic mass is 10.4. The van der Waals surface area contributed by atoms with Gasteiger partial charge in [0, 0.05) is 0 Å². The highest BCUT2D eigenvalue weighted by Crippen LogP contribution is 2.05. The number of nitrogens with zero attached hydrogens (tertiary/aromatic N) is 2. The first-order valence-corrected chi connectivity index (χ1v) is 3.95. The molecular formula is C7H8ClN3O2. The van der Waals surface area contributed by atoms with Crippen LogP contribution in [-0.2, 0) is 4.79 Å². The van der Waals surface area contributed by atoms with Gasteiger partial charge < -0.3 is 10.4 Å². The van der Waals surface area contributed by atoms with E-state index < -0.39 is 12.0 Å². The first-order valence-electron chi connectivity index (χ1n) is 3.58. The summed E-state index contributed by atoms with van der Waals surface area (Å²) in [6.07, 6.45) is -1.07. The molecule has 5 nitrogen and oxygen atoms in total. The molecule has 6 heteroatoms. The Morgan fingerprint density at radius 1 is 1.62 bits per heavy atom. The Morgan fingerprint density at radius 2 is 2.31 bits per heavy atom. The SMILES string of the molecule is CC(O)C(=O)Nc1ccc(Cl)nn1. The van der Waals surface area contributed by atoms with Gasteiger partial charge in [-0.3, -0.25) is 4.79 Å². The van der Waals surface area contributed by atoms with E-state index in [9.17, 15) is 4.79 Å². The fourth-order valence-corrected chi connectivity index (χ4v) is 0.714. The molecule has 0 aliphatic heterocycles. The van der Waals surface area contributed by atoms with Crippen LogP contribution in [0.25, 0.3) is 0 Å². The smallest absolute Gasteiger partial charge is 0.254 e. The van der Waals surface area contributed by atoms with E-state index in [1.165, 1.54) is 19.1 Å². The number of rotatable bonds is 2. The number of amides is 1. The van der Waals surface area contributed by atoms with Crippen molar-refractivity contribution in [3.05, 3.63) is 17.3 Å². The average molecular weight is 202 g/mol. The van der Waals surface area contributed by atoms with E-state index in [1.807, 2.05) is 0 Å². The fraction of sp³-hybridized carbons (Fsp3) is 0.286. The van der Waals surface area contributed by atoms with Gasteiger partial charge in [0.1, 0.15) is 6.10 Å². The molecule has 1 aromatic rings. The molecule has 1 atom stereocenters. The van der Waals surface area contributed by atoms with Crippen molar-refractivity contribution in [2.75, 3.05) is 5.32 Å². The number of aliphatic hydroxyl groups is 1. The second-order valence-electron chi connectivity index (χ2n) is 2.41. The van der Waals surface area contributed by atoms with E-state index in [1.54, 1.807) is 0 Å². The molecule has 70 valence electrons. The van der Waals surface area contributed by atoms with E-state index in [4.69, 9.17) is 16.7 Å². The summed E-state index contributed by atoms with van der Waals surface area (Å²) in [6.45, 7) is 1.36. The average Bonchev–Trinajstić information content (AvgIpc) is 2.08. The minimum absolute atomic E-state index is 0.245. The molecule has 0 radical (unpaired) electrons. The molecule has 0 aliphatic carbocycles. The third kappa shape index (κ3) is 2.96. The Labute approximate surface area is 79.7 Å². The van der Waals surface area contributed by atoms with E-state index in [-0.39, 0.29) is 11.0 Å². The van der Waals surface area contributed by atoms with E-state index in [2.05, 4.69) is 15.5 Å². The topological polar surface area (TPSA) is 75.1 Å². The molecule has 1 aromatic heterocycles. The number of nitrogens with one attached hydrogen (secondary N) is 1. The molecule has 0 saturated carbocycles. The van der Waals surface area contributed by atoms with Crippen molar-refractivity contribution in [2.45, 2.75) is 13.0 Å². The van der Waals surface area contributed by atoms with E-state index in [0.29, 0.717) is 0 Å². The summed E-state index contributed by atoms with van der Waals surface area (Å²) in [5, 5.41) is 18.5. The van der Waals surface area contributed by atoms with Crippen LogP contribution < -0.4 is 5.32 Å². The van der Waals surface area contributed by atoms with Crippen LogP contribution in [-0.4, -0.2) is 27.3 Å².